The Hall–Kier alpha value is -2.81. The third-order valence-electron chi connectivity index (χ3n) is 5.22. The van der Waals surface area contributed by atoms with E-state index in [1.807, 2.05) is 25.2 Å². The predicted octanol–water partition coefficient (Wildman–Crippen LogP) is 6.71. The van der Waals surface area contributed by atoms with Crippen LogP contribution < -0.4 is 10.5 Å². The number of benzene rings is 1. The zero-order chi connectivity index (χ0) is 21.4. The molecular formula is C26H33NO2. The van der Waals surface area contributed by atoms with Crippen molar-refractivity contribution in [3.63, 3.8) is 0 Å². The third kappa shape index (κ3) is 7.26. The van der Waals surface area contributed by atoms with Crippen LogP contribution >= 0.6 is 0 Å². The minimum atomic E-state index is -0.403. The van der Waals surface area contributed by atoms with E-state index in [1.54, 1.807) is 24.3 Å². The zero-order valence-corrected chi connectivity index (χ0v) is 18.3. The van der Waals surface area contributed by atoms with E-state index in [-0.39, 0.29) is 5.41 Å². The van der Waals surface area contributed by atoms with Crippen molar-refractivity contribution in [1.82, 2.24) is 0 Å². The molecular weight excluding hydrogens is 358 g/mol. The molecule has 0 heterocycles. The van der Waals surface area contributed by atoms with E-state index in [4.69, 9.17) is 10.5 Å². The molecule has 29 heavy (non-hydrogen) atoms. The summed E-state index contributed by atoms with van der Waals surface area (Å²) < 4.78 is 5.27. The van der Waals surface area contributed by atoms with Crippen LogP contribution in [0.25, 0.3) is 0 Å². The third-order valence-corrected chi connectivity index (χ3v) is 5.22. The van der Waals surface area contributed by atoms with Crippen molar-refractivity contribution in [2.24, 2.45) is 5.41 Å². The number of nitrogen functional groups attached to an aromatic ring is 1. The van der Waals surface area contributed by atoms with E-state index in [9.17, 15) is 4.79 Å². The molecule has 0 spiro atoms. The lowest BCUT2D eigenvalue weighted by Crippen LogP contribution is -2.19. The number of esters is 1. The van der Waals surface area contributed by atoms with Gasteiger partial charge >= 0.3 is 5.97 Å². The van der Waals surface area contributed by atoms with Crippen molar-refractivity contribution >= 4 is 11.7 Å². The first-order valence-electron chi connectivity index (χ1n) is 10.2. The van der Waals surface area contributed by atoms with Gasteiger partial charge in [0.15, 0.2) is 0 Å². The molecule has 0 unspecified atom stereocenters. The lowest BCUT2D eigenvalue weighted by atomic mass is 9.72. The molecule has 1 aromatic rings. The van der Waals surface area contributed by atoms with E-state index in [2.05, 4.69) is 39.8 Å². The summed E-state index contributed by atoms with van der Waals surface area (Å²) in [5.41, 5.74) is 11.5. The Morgan fingerprint density at radius 2 is 1.79 bits per heavy atom. The normalized spacial score (nSPS) is 18.0. The average Bonchev–Trinajstić information content (AvgIpc) is 2.62. The molecule has 0 saturated carbocycles. The fourth-order valence-corrected chi connectivity index (χ4v) is 3.55. The smallest absolute Gasteiger partial charge is 0.336 e. The van der Waals surface area contributed by atoms with Gasteiger partial charge in [-0.15, -0.1) is 0 Å². The molecule has 2 N–H and O–H groups in total. The van der Waals surface area contributed by atoms with Gasteiger partial charge in [0.1, 0.15) is 5.75 Å². The van der Waals surface area contributed by atoms with Crippen LogP contribution in [0.2, 0.25) is 0 Å². The maximum Gasteiger partial charge on any atom is 0.336 e. The van der Waals surface area contributed by atoms with E-state index >= 15 is 0 Å². The second kappa shape index (κ2) is 10.1. The molecule has 3 heteroatoms. The molecule has 0 saturated heterocycles. The zero-order valence-electron chi connectivity index (χ0n) is 18.3. The minimum absolute atomic E-state index is 0.249. The molecule has 1 aliphatic rings. The Morgan fingerprint density at radius 1 is 1.10 bits per heavy atom. The molecule has 1 aliphatic carbocycles. The summed E-state index contributed by atoms with van der Waals surface area (Å²) in [6.07, 6.45) is 15.5. The highest BCUT2D eigenvalue weighted by Crippen LogP contribution is 2.40. The summed E-state index contributed by atoms with van der Waals surface area (Å²) >= 11 is 0. The first-order chi connectivity index (χ1) is 13.7. The van der Waals surface area contributed by atoms with Gasteiger partial charge in [0.2, 0.25) is 0 Å². The number of carbonyl (C=O) groups is 1. The summed E-state index contributed by atoms with van der Waals surface area (Å²) in [7, 11) is 0. The Bertz CT molecular complexity index is 878. The van der Waals surface area contributed by atoms with Crippen LogP contribution in [0.4, 0.5) is 5.69 Å². The van der Waals surface area contributed by atoms with Crippen LogP contribution in [0.1, 0.15) is 53.9 Å². The second-order valence-electron chi connectivity index (χ2n) is 8.41. The fraction of sp³-hybridized carbons (Fsp3) is 0.346. The molecule has 0 radical (unpaired) electrons. The van der Waals surface area contributed by atoms with E-state index < -0.39 is 5.97 Å². The van der Waals surface area contributed by atoms with Gasteiger partial charge in [0.05, 0.1) is 0 Å². The standard InChI is InChI=1S/C26H33NO2/c1-19(11-16-24-21(3)10-7-17-26(24,4)5)8-6-9-20(2)18-25(28)29-23-14-12-22(27)13-15-23/h6,8-9,11-16,18H,7,10,17,27H2,1-5H3/b9-6+,16-11+,19-8+,20-18+. The molecule has 0 fully saturated rings. The van der Waals surface area contributed by atoms with Crippen molar-refractivity contribution < 1.29 is 9.53 Å². The molecule has 0 aromatic heterocycles. The maximum atomic E-state index is 12.0. The van der Waals surface area contributed by atoms with Crippen LogP contribution in [0, 0.1) is 5.41 Å². The molecule has 0 bridgehead atoms. The number of nitrogens with two attached hydrogens (primary N) is 1. The van der Waals surface area contributed by atoms with Gasteiger partial charge in [-0.3, -0.25) is 0 Å². The van der Waals surface area contributed by atoms with Crippen LogP contribution in [0.3, 0.4) is 0 Å². The largest absolute Gasteiger partial charge is 0.423 e. The molecule has 3 nitrogen and oxygen atoms in total. The summed E-state index contributed by atoms with van der Waals surface area (Å²) in [5, 5.41) is 0. The lowest BCUT2D eigenvalue weighted by molar-refractivity contribution is -0.129. The van der Waals surface area contributed by atoms with Crippen molar-refractivity contribution in [2.75, 3.05) is 5.73 Å². The lowest BCUT2D eigenvalue weighted by Gasteiger charge is -2.32. The maximum absolute atomic E-state index is 12.0. The number of anilines is 1. The van der Waals surface area contributed by atoms with Crippen LogP contribution in [0.5, 0.6) is 5.75 Å². The number of rotatable bonds is 6. The second-order valence-corrected chi connectivity index (χ2v) is 8.41. The van der Waals surface area contributed by atoms with E-state index in [0.29, 0.717) is 11.4 Å². The highest BCUT2D eigenvalue weighted by molar-refractivity contribution is 5.85. The van der Waals surface area contributed by atoms with Crippen molar-refractivity contribution in [1.29, 1.82) is 0 Å². The van der Waals surface area contributed by atoms with Crippen molar-refractivity contribution in [3.8, 4) is 5.75 Å². The van der Waals surface area contributed by atoms with E-state index in [0.717, 1.165) is 5.57 Å². The van der Waals surface area contributed by atoms with Gasteiger partial charge in [0.25, 0.3) is 0 Å². The van der Waals surface area contributed by atoms with Gasteiger partial charge in [-0.2, -0.15) is 0 Å². The Labute approximate surface area is 175 Å². The van der Waals surface area contributed by atoms with Crippen LogP contribution in [0.15, 0.2) is 83.0 Å². The molecule has 2 rings (SSSR count). The van der Waals surface area contributed by atoms with Crippen LogP contribution in [-0.4, -0.2) is 5.97 Å². The van der Waals surface area contributed by atoms with Crippen LogP contribution in [-0.2, 0) is 4.79 Å². The summed E-state index contributed by atoms with van der Waals surface area (Å²) in [4.78, 5) is 12.0. The first kappa shape index (κ1) is 22.5. The number of ether oxygens (including phenoxy) is 1. The number of hydrogen-bond donors (Lipinski definition) is 1. The minimum Gasteiger partial charge on any atom is -0.423 e. The first-order valence-corrected chi connectivity index (χ1v) is 10.2. The number of carbonyl (C=O) groups excluding carboxylic acids is 1. The van der Waals surface area contributed by atoms with E-state index in [1.165, 1.54) is 42.1 Å². The average molecular weight is 392 g/mol. The van der Waals surface area contributed by atoms with Gasteiger partial charge in [-0.1, -0.05) is 55.4 Å². The molecule has 1 aromatic carbocycles. The topological polar surface area (TPSA) is 52.3 Å². The highest BCUT2D eigenvalue weighted by Gasteiger charge is 2.26. The Kier molecular flexibility index (Phi) is 7.83. The van der Waals surface area contributed by atoms with Crippen molar-refractivity contribution in [2.45, 2.75) is 53.9 Å². The summed E-state index contributed by atoms with van der Waals surface area (Å²) in [5.74, 6) is 0.0767. The molecule has 0 aliphatic heterocycles. The Morgan fingerprint density at radius 3 is 2.45 bits per heavy atom. The SMILES string of the molecule is CC1=C(/C=C/C(C)=C/C=C/C(C)=C/C(=O)Oc2ccc(N)cc2)C(C)(C)CCC1. The molecule has 0 amide bonds. The van der Waals surface area contributed by atoms with Gasteiger partial charge in [0, 0.05) is 11.8 Å². The Balaban J connectivity index is 1.95. The van der Waals surface area contributed by atoms with Gasteiger partial charge in [-0.25, -0.2) is 4.79 Å². The number of hydrogen-bond acceptors (Lipinski definition) is 3. The van der Waals surface area contributed by atoms with Gasteiger partial charge in [-0.05, 0) is 80.9 Å². The highest BCUT2D eigenvalue weighted by atomic mass is 16.5. The summed E-state index contributed by atoms with van der Waals surface area (Å²) in [6, 6.07) is 6.75. The van der Waals surface area contributed by atoms with Crippen molar-refractivity contribution in [3.05, 3.63) is 83.0 Å². The molecule has 0 atom stereocenters. The van der Waals surface area contributed by atoms with Gasteiger partial charge < -0.3 is 10.5 Å². The quantitative estimate of drug-likeness (QED) is 0.193. The fourth-order valence-electron chi connectivity index (χ4n) is 3.55. The predicted molar refractivity (Wildman–Crippen MR) is 123 cm³/mol. The number of allylic oxidation sites excluding steroid dienone is 9. The monoisotopic (exact) mass is 391 g/mol. The summed E-state index contributed by atoms with van der Waals surface area (Å²) in [6.45, 7) is 10.9. The molecule has 154 valence electrons.